The highest BCUT2D eigenvalue weighted by molar-refractivity contribution is 5.84. The van der Waals surface area contributed by atoms with Gasteiger partial charge in [0.05, 0.1) is 0 Å². The van der Waals surface area contributed by atoms with Gasteiger partial charge in [0.25, 0.3) is 0 Å². The van der Waals surface area contributed by atoms with Gasteiger partial charge in [-0.2, -0.15) is 0 Å². The fourth-order valence-corrected chi connectivity index (χ4v) is 3.77. The summed E-state index contributed by atoms with van der Waals surface area (Å²) in [6.45, 7) is 2.10. The topological polar surface area (TPSA) is 17.1 Å². The summed E-state index contributed by atoms with van der Waals surface area (Å²) in [5.74, 6) is 0.396. The molecule has 1 heteroatoms. The second-order valence-electron chi connectivity index (χ2n) is 5.38. The first-order valence-electron chi connectivity index (χ1n) is 6.66. The number of rotatable bonds is 1. The van der Waals surface area contributed by atoms with E-state index in [-0.39, 0.29) is 11.8 Å². The average Bonchev–Trinajstić information content (AvgIpc) is 2.47. The van der Waals surface area contributed by atoms with Crippen molar-refractivity contribution in [3.8, 4) is 0 Å². The van der Waals surface area contributed by atoms with Gasteiger partial charge in [-0.1, -0.05) is 54.1 Å². The molecule has 0 amide bonds. The molecule has 92 valence electrons. The van der Waals surface area contributed by atoms with Crippen LogP contribution in [0.1, 0.15) is 41.0 Å². The van der Waals surface area contributed by atoms with Crippen molar-refractivity contribution in [2.45, 2.75) is 18.8 Å². The molecule has 0 saturated carbocycles. The molecule has 0 heterocycles. The van der Waals surface area contributed by atoms with Crippen LogP contribution in [0.25, 0.3) is 0 Å². The van der Waals surface area contributed by atoms with E-state index in [0.29, 0.717) is 0 Å². The van der Waals surface area contributed by atoms with Crippen LogP contribution < -0.4 is 0 Å². The first-order chi connectivity index (χ1) is 9.33. The number of hydrogen-bond acceptors (Lipinski definition) is 1. The van der Waals surface area contributed by atoms with Crippen LogP contribution in [0.5, 0.6) is 0 Å². The number of allylic oxidation sites excluding steroid dienone is 2. The smallest absolute Gasteiger partial charge is 0.146 e. The van der Waals surface area contributed by atoms with Crippen molar-refractivity contribution in [1.29, 1.82) is 0 Å². The predicted molar refractivity (Wildman–Crippen MR) is 75.3 cm³/mol. The maximum atomic E-state index is 11.5. The monoisotopic (exact) mass is 246 g/mol. The van der Waals surface area contributed by atoms with E-state index in [2.05, 4.69) is 55.5 Å². The van der Waals surface area contributed by atoms with Crippen LogP contribution in [0.2, 0.25) is 0 Å². The number of hydrogen-bond donors (Lipinski definition) is 0. The first kappa shape index (κ1) is 10.7. The molecule has 19 heavy (non-hydrogen) atoms. The molecular formula is C18H14O. The maximum Gasteiger partial charge on any atom is 0.146 e. The van der Waals surface area contributed by atoms with Crippen molar-refractivity contribution >= 4 is 6.29 Å². The standard InChI is InChI=1S/C18H14O/c1-11-16(10-19)18-14-8-4-2-6-12(14)17(11)13-7-3-5-9-15(13)18/h2-10,17-18H,1H3. The van der Waals surface area contributed by atoms with Gasteiger partial charge in [-0.25, -0.2) is 0 Å². The Morgan fingerprint density at radius 1 is 0.789 bits per heavy atom. The lowest BCUT2D eigenvalue weighted by atomic mass is 9.61. The average molecular weight is 246 g/mol. The summed E-state index contributed by atoms with van der Waals surface area (Å²) in [6.07, 6.45) is 1.05. The SMILES string of the molecule is CC1=C(C=O)C2c3ccccc3C1c1ccccc12. The van der Waals surface area contributed by atoms with Crippen molar-refractivity contribution in [2.75, 3.05) is 0 Å². The van der Waals surface area contributed by atoms with Gasteiger partial charge in [0.1, 0.15) is 6.29 Å². The minimum Gasteiger partial charge on any atom is -0.298 e. The highest BCUT2D eigenvalue weighted by atomic mass is 16.1. The Bertz CT molecular complexity index is 676. The van der Waals surface area contributed by atoms with E-state index < -0.39 is 0 Å². The lowest BCUT2D eigenvalue weighted by Gasteiger charge is -2.41. The van der Waals surface area contributed by atoms with Crippen LogP contribution in [0.4, 0.5) is 0 Å². The van der Waals surface area contributed by atoms with E-state index in [1.807, 2.05) is 0 Å². The van der Waals surface area contributed by atoms with E-state index in [9.17, 15) is 4.79 Å². The van der Waals surface area contributed by atoms with Gasteiger partial charge >= 0.3 is 0 Å². The number of benzene rings is 2. The molecule has 0 radical (unpaired) electrons. The van der Waals surface area contributed by atoms with Gasteiger partial charge in [0, 0.05) is 17.4 Å². The second kappa shape index (κ2) is 3.67. The maximum absolute atomic E-state index is 11.5. The van der Waals surface area contributed by atoms with E-state index in [1.54, 1.807) is 0 Å². The second-order valence-corrected chi connectivity index (χ2v) is 5.38. The van der Waals surface area contributed by atoms with E-state index in [1.165, 1.54) is 27.8 Å². The first-order valence-corrected chi connectivity index (χ1v) is 6.66. The van der Waals surface area contributed by atoms with Crippen LogP contribution in [-0.2, 0) is 4.79 Å². The van der Waals surface area contributed by atoms with Gasteiger partial charge < -0.3 is 0 Å². The molecule has 0 unspecified atom stereocenters. The minimum absolute atomic E-state index is 0.134. The number of carbonyl (C=O) groups excluding carboxylic acids is 1. The molecule has 2 aromatic carbocycles. The van der Waals surface area contributed by atoms with Crippen LogP contribution in [0.15, 0.2) is 59.7 Å². The Balaban J connectivity index is 2.11. The lowest BCUT2D eigenvalue weighted by molar-refractivity contribution is -0.105. The molecule has 0 N–H and O–H groups in total. The highest BCUT2D eigenvalue weighted by Gasteiger charge is 2.40. The largest absolute Gasteiger partial charge is 0.298 e. The van der Waals surface area contributed by atoms with E-state index in [4.69, 9.17) is 0 Å². The Kier molecular flexibility index (Phi) is 2.08. The molecule has 5 rings (SSSR count). The normalized spacial score (nSPS) is 23.0. The molecule has 3 aliphatic carbocycles. The molecule has 0 aromatic heterocycles. The number of aldehydes is 1. The summed E-state index contributed by atoms with van der Waals surface area (Å²) in [5, 5.41) is 0. The van der Waals surface area contributed by atoms with E-state index in [0.717, 1.165) is 11.9 Å². The molecule has 3 aliphatic rings. The Morgan fingerprint density at radius 2 is 1.21 bits per heavy atom. The zero-order valence-electron chi connectivity index (χ0n) is 10.8. The lowest BCUT2D eigenvalue weighted by Crippen LogP contribution is -2.27. The Labute approximate surface area is 112 Å². The third-order valence-corrected chi connectivity index (χ3v) is 4.56. The zero-order chi connectivity index (χ0) is 13.0. The van der Waals surface area contributed by atoms with Gasteiger partial charge in [0.2, 0.25) is 0 Å². The molecule has 0 spiro atoms. The third kappa shape index (κ3) is 1.22. The van der Waals surface area contributed by atoms with Crippen LogP contribution in [0.3, 0.4) is 0 Å². The molecule has 0 atom stereocenters. The highest BCUT2D eigenvalue weighted by Crippen LogP contribution is 2.54. The van der Waals surface area contributed by atoms with Gasteiger partial charge in [-0.15, -0.1) is 0 Å². The Hall–Kier alpha value is -2.15. The van der Waals surface area contributed by atoms with Gasteiger partial charge in [-0.3, -0.25) is 4.79 Å². The van der Waals surface area contributed by atoms with Crippen LogP contribution >= 0.6 is 0 Å². The molecule has 1 nitrogen and oxygen atoms in total. The third-order valence-electron chi connectivity index (χ3n) is 4.56. The molecule has 0 fully saturated rings. The summed E-state index contributed by atoms with van der Waals surface area (Å²) in [7, 11) is 0. The summed E-state index contributed by atoms with van der Waals surface area (Å²) in [6, 6.07) is 17.1. The van der Waals surface area contributed by atoms with Crippen molar-refractivity contribution in [1.82, 2.24) is 0 Å². The minimum atomic E-state index is 0.134. The molecule has 0 saturated heterocycles. The van der Waals surface area contributed by atoms with Crippen molar-refractivity contribution < 1.29 is 4.79 Å². The van der Waals surface area contributed by atoms with Crippen LogP contribution in [0, 0.1) is 0 Å². The number of carbonyl (C=O) groups is 1. The fourth-order valence-electron chi connectivity index (χ4n) is 3.77. The quantitative estimate of drug-likeness (QED) is 0.700. The van der Waals surface area contributed by atoms with E-state index >= 15 is 0 Å². The predicted octanol–water partition coefficient (Wildman–Crippen LogP) is 3.79. The fraction of sp³-hybridized carbons (Fsp3) is 0.167. The molecular weight excluding hydrogens is 232 g/mol. The molecule has 0 aliphatic heterocycles. The summed E-state index contributed by atoms with van der Waals surface area (Å²) >= 11 is 0. The zero-order valence-corrected chi connectivity index (χ0v) is 10.8. The Morgan fingerprint density at radius 3 is 1.63 bits per heavy atom. The van der Waals surface area contributed by atoms with Crippen LogP contribution in [-0.4, -0.2) is 6.29 Å². The summed E-state index contributed by atoms with van der Waals surface area (Å²) < 4.78 is 0. The van der Waals surface area contributed by atoms with Crippen molar-refractivity contribution in [3.05, 3.63) is 81.9 Å². The van der Waals surface area contributed by atoms with Gasteiger partial charge in [-0.05, 0) is 29.2 Å². The van der Waals surface area contributed by atoms with Gasteiger partial charge in [0.15, 0.2) is 0 Å². The van der Waals surface area contributed by atoms with Crippen molar-refractivity contribution in [3.63, 3.8) is 0 Å². The van der Waals surface area contributed by atoms with Crippen molar-refractivity contribution in [2.24, 2.45) is 0 Å². The molecule has 2 bridgehead atoms. The summed E-state index contributed by atoms with van der Waals surface area (Å²) in [4.78, 5) is 11.5. The molecule has 2 aromatic rings. The summed E-state index contributed by atoms with van der Waals surface area (Å²) in [5.41, 5.74) is 7.53.